The number of rotatable bonds is 3. The fraction of sp³-hybridized carbons (Fsp3) is 0.625. The molecule has 58 valence electrons. The van der Waals surface area contributed by atoms with Crippen molar-refractivity contribution in [3.8, 4) is 0 Å². The number of hydrogen-bond donors (Lipinski definition) is 1. The van der Waals surface area contributed by atoms with E-state index in [9.17, 15) is 4.79 Å². The van der Waals surface area contributed by atoms with E-state index in [1.807, 2.05) is 32.9 Å². The Morgan fingerprint density at radius 2 is 2.20 bits per heavy atom. The summed E-state index contributed by atoms with van der Waals surface area (Å²) >= 11 is 0. The molecule has 0 saturated heterocycles. The zero-order valence-electron chi connectivity index (χ0n) is 6.85. The molecule has 2 nitrogen and oxygen atoms in total. The highest BCUT2D eigenvalue weighted by molar-refractivity contribution is 5.77. The molecule has 0 aliphatic heterocycles. The van der Waals surface area contributed by atoms with Crippen molar-refractivity contribution in [2.75, 3.05) is 6.54 Å². The van der Waals surface area contributed by atoms with Gasteiger partial charge in [-0.3, -0.25) is 4.79 Å². The molecule has 0 aromatic heterocycles. The van der Waals surface area contributed by atoms with Gasteiger partial charge in [0.15, 0.2) is 0 Å². The number of carbonyl (C=O) groups excluding carboxylic acids is 1. The van der Waals surface area contributed by atoms with Gasteiger partial charge in [0.25, 0.3) is 0 Å². The van der Waals surface area contributed by atoms with E-state index in [-0.39, 0.29) is 11.8 Å². The molecule has 0 aliphatic rings. The van der Waals surface area contributed by atoms with Crippen LogP contribution in [0.2, 0.25) is 0 Å². The highest BCUT2D eigenvalue weighted by atomic mass is 16.1. The van der Waals surface area contributed by atoms with Gasteiger partial charge in [0.1, 0.15) is 0 Å². The molecule has 2 heteroatoms. The molecule has 0 aromatic carbocycles. The minimum absolute atomic E-state index is 0.0882. The van der Waals surface area contributed by atoms with Gasteiger partial charge in [-0.05, 0) is 6.92 Å². The van der Waals surface area contributed by atoms with Crippen molar-refractivity contribution < 1.29 is 4.79 Å². The van der Waals surface area contributed by atoms with E-state index < -0.39 is 0 Å². The molecule has 0 aliphatic carbocycles. The average Bonchev–Trinajstić information content (AvgIpc) is 1.88. The quantitative estimate of drug-likeness (QED) is 0.590. The maximum atomic E-state index is 10.9. The first-order valence-corrected chi connectivity index (χ1v) is 3.57. The van der Waals surface area contributed by atoms with Gasteiger partial charge < -0.3 is 5.32 Å². The molecular formula is C8H15NO. The Bertz CT molecular complexity index is 127. The van der Waals surface area contributed by atoms with E-state index in [2.05, 4.69) is 5.32 Å². The largest absolute Gasteiger partial charge is 0.352 e. The molecule has 0 rings (SSSR count). The molecule has 0 heterocycles. The molecule has 0 spiro atoms. The van der Waals surface area contributed by atoms with Gasteiger partial charge in [0.2, 0.25) is 5.91 Å². The molecule has 10 heavy (non-hydrogen) atoms. The van der Waals surface area contributed by atoms with Gasteiger partial charge in [-0.25, -0.2) is 0 Å². The summed E-state index contributed by atoms with van der Waals surface area (Å²) in [6, 6.07) is 0. The first kappa shape index (κ1) is 9.21. The minimum atomic E-state index is 0.0882. The Morgan fingerprint density at radius 1 is 1.60 bits per heavy atom. The third kappa shape index (κ3) is 4.13. The van der Waals surface area contributed by atoms with Crippen LogP contribution in [-0.2, 0) is 4.79 Å². The van der Waals surface area contributed by atoms with Crippen LogP contribution in [0.15, 0.2) is 12.2 Å². The first-order valence-electron chi connectivity index (χ1n) is 3.57. The van der Waals surface area contributed by atoms with Crippen LogP contribution < -0.4 is 5.32 Å². The van der Waals surface area contributed by atoms with Gasteiger partial charge in [-0.2, -0.15) is 0 Å². The van der Waals surface area contributed by atoms with Crippen molar-refractivity contribution in [1.29, 1.82) is 0 Å². The summed E-state index contributed by atoms with van der Waals surface area (Å²) in [4.78, 5) is 10.9. The molecule has 0 aromatic rings. The monoisotopic (exact) mass is 141 g/mol. The lowest BCUT2D eigenvalue weighted by Crippen LogP contribution is -2.27. The fourth-order valence-corrected chi connectivity index (χ4v) is 0.481. The summed E-state index contributed by atoms with van der Waals surface area (Å²) in [5.74, 6) is 0.198. The summed E-state index contributed by atoms with van der Waals surface area (Å²) in [6.07, 6.45) is 3.83. The lowest BCUT2D eigenvalue weighted by Gasteiger charge is -2.03. The number of nitrogens with one attached hydrogen (secondary N) is 1. The van der Waals surface area contributed by atoms with E-state index in [0.29, 0.717) is 6.54 Å². The molecule has 0 fully saturated rings. The predicted octanol–water partition coefficient (Wildman–Crippen LogP) is 1.33. The van der Waals surface area contributed by atoms with Gasteiger partial charge in [-0.1, -0.05) is 26.0 Å². The Kier molecular flexibility index (Phi) is 4.63. The van der Waals surface area contributed by atoms with Crippen molar-refractivity contribution in [3.05, 3.63) is 12.2 Å². The third-order valence-corrected chi connectivity index (χ3v) is 1.15. The zero-order chi connectivity index (χ0) is 7.98. The second kappa shape index (κ2) is 5.03. The van der Waals surface area contributed by atoms with Gasteiger partial charge in [-0.15, -0.1) is 0 Å². The van der Waals surface area contributed by atoms with Crippen LogP contribution in [0, 0.1) is 5.92 Å². The normalized spacial score (nSPS) is 10.8. The highest BCUT2D eigenvalue weighted by Crippen LogP contribution is 1.89. The highest BCUT2D eigenvalue weighted by Gasteiger charge is 2.02. The maximum absolute atomic E-state index is 10.9. The number of amides is 1. The Balaban J connectivity index is 3.40. The van der Waals surface area contributed by atoms with Crippen molar-refractivity contribution in [2.24, 2.45) is 5.92 Å². The summed E-state index contributed by atoms with van der Waals surface area (Å²) < 4.78 is 0. The minimum Gasteiger partial charge on any atom is -0.352 e. The number of hydrogen-bond acceptors (Lipinski definition) is 1. The molecular weight excluding hydrogens is 126 g/mol. The summed E-state index contributed by atoms with van der Waals surface area (Å²) in [5, 5.41) is 2.76. The Labute approximate surface area is 62.3 Å². The van der Waals surface area contributed by atoms with Crippen LogP contribution in [0.5, 0.6) is 0 Å². The van der Waals surface area contributed by atoms with Crippen LogP contribution in [0.4, 0.5) is 0 Å². The smallest absolute Gasteiger partial charge is 0.222 e. The molecule has 0 radical (unpaired) electrons. The van der Waals surface area contributed by atoms with Crippen LogP contribution >= 0.6 is 0 Å². The lowest BCUT2D eigenvalue weighted by atomic mass is 10.2. The average molecular weight is 141 g/mol. The topological polar surface area (TPSA) is 29.1 Å². The maximum Gasteiger partial charge on any atom is 0.222 e. The number of allylic oxidation sites excluding steroid dienone is 1. The van der Waals surface area contributed by atoms with Crippen molar-refractivity contribution in [3.63, 3.8) is 0 Å². The van der Waals surface area contributed by atoms with E-state index in [1.165, 1.54) is 0 Å². The van der Waals surface area contributed by atoms with E-state index in [0.717, 1.165) is 0 Å². The SMILES string of the molecule is C/C=C/CNC(=O)C(C)C. The lowest BCUT2D eigenvalue weighted by molar-refractivity contribution is -0.123. The standard InChI is InChI=1S/C8H15NO/c1-4-5-6-9-8(10)7(2)3/h4-5,7H,6H2,1-3H3,(H,9,10)/b5-4+. The Morgan fingerprint density at radius 3 is 2.60 bits per heavy atom. The van der Waals surface area contributed by atoms with Crippen LogP contribution in [0.1, 0.15) is 20.8 Å². The van der Waals surface area contributed by atoms with Crippen molar-refractivity contribution in [2.45, 2.75) is 20.8 Å². The molecule has 1 N–H and O–H groups in total. The second-order valence-corrected chi connectivity index (χ2v) is 2.47. The van der Waals surface area contributed by atoms with Gasteiger partial charge in [0, 0.05) is 12.5 Å². The summed E-state index contributed by atoms with van der Waals surface area (Å²) in [7, 11) is 0. The van der Waals surface area contributed by atoms with E-state index in [4.69, 9.17) is 0 Å². The van der Waals surface area contributed by atoms with E-state index in [1.54, 1.807) is 0 Å². The zero-order valence-corrected chi connectivity index (χ0v) is 6.85. The fourth-order valence-electron chi connectivity index (χ4n) is 0.481. The second-order valence-electron chi connectivity index (χ2n) is 2.47. The van der Waals surface area contributed by atoms with Crippen molar-refractivity contribution >= 4 is 5.91 Å². The molecule has 1 amide bonds. The molecule has 0 unspecified atom stereocenters. The number of carbonyl (C=O) groups is 1. The Hall–Kier alpha value is -0.790. The van der Waals surface area contributed by atoms with Crippen LogP contribution in [0.3, 0.4) is 0 Å². The molecule has 0 bridgehead atoms. The van der Waals surface area contributed by atoms with Crippen molar-refractivity contribution in [1.82, 2.24) is 5.32 Å². The molecule has 0 atom stereocenters. The first-order chi connectivity index (χ1) is 4.68. The summed E-state index contributed by atoms with van der Waals surface area (Å²) in [6.45, 7) is 6.34. The molecule has 0 saturated carbocycles. The third-order valence-electron chi connectivity index (χ3n) is 1.15. The van der Waals surface area contributed by atoms with Gasteiger partial charge in [0.05, 0.1) is 0 Å². The van der Waals surface area contributed by atoms with Crippen LogP contribution in [0.25, 0.3) is 0 Å². The summed E-state index contributed by atoms with van der Waals surface area (Å²) in [5.41, 5.74) is 0. The predicted molar refractivity (Wildman–Crippen MR) is 42.7 cm³/mol. The van der Waals surface area contributed by atoms with E-state index >= 15 is 0 Å². The van der Waals surface area contributed by atoms with Gasteiger partial charge >= 0.3 is 0 Å². The van der Waals surface area contributed by atoms with Crippen LogP contribution in [-0.4, -0.2) is 12.5 Å².